The second-order valence-corrected chi connectivity index (χ2v) is 7.49. The van der Waals surface area contributed by atoms with Crippen molar-refractivity contribution in [2.24, 2.45) is 0 Å². The van der Waals surface area contributed by atoms with Gasteiger partial charge in [0.05, 0.1) is 10.4 Å². The summed E-state index contributed by atoms with van der Waals surface area (Å²) >= 11 is 6.36. The highest BCUT2D eigenvalue weighted by Gasteiger charge is 2.21. The molecule has 0 radical (unpaired) electrons. The largest absolute Gasteiger partial charge is 0.478 e. The molecule has 4 aromatic rings. The van der Waals surface area contributed by atoms with Crippen LogP contribution in [-0.2, 0) is 0 Å². The van der Waals surface area contributed by atoms with E-state index in [0.29, 0.717) is 27.1 Å². The highest BCUT2D eigenvalue weighted by atomic mass is 35.5. The van der Waals surface area contributed by atoms with E-state index in [1.54, 1.807) is 54.6 Å². The summed E-state index contributed by atoms with van der Waals surface area (Å²) in [7, 11) is 0. The van der Waals surface area contributed by atoms with Gasteiger partial charge in [-0.05, 0) is 49.2 Å². The molecule has 1 heterocycles. The van der Waals surface area contributed by atoms with E-state index < -0.39 is 0 Å². The molecule has 0 amide bonds. The molecule has 0 bridgehead atoms. The van der Waals surface area contributed by atoms with E-state index in [1.807, 2.05) is 26.0 Å². The van der Waals surface area contributed by atoms with E-state index in [4.69, 9.17) is 20.8 Å². The van der Waals surface area contributed by atoms with E-state index in [2.05, 4.69) is 0 Å². The van der Waals surface area contributed by atoms with Gasteiger partial charge in [0.2, 0.25) is 11.2 Å². The van der Waals surface area contributed by atoms with E-state index in [1.165, 1.54) is 0 Å². The van der Waals surface area contributed by atoms with Gasteiger partial charge in [0, 0.05) is 11.1 Å². The number of aryl methyl sites for hydroxylation is 2. The highest BCUT2D eigenvalue weighted by Crippen LogP contribution is 2.35. The molecule has 0 aliphatic carbocycles. The van der Waals surface area contributed by atoms with E-state index in [-0.39, 0.29) is 29.3 Å². The highest BCUT2D eigenvalue weighted by molar-refractivity contribution is 6.33. The van der Waals surface area contributed by atoms with Gasteiger partial charge in [-0.3, -0.25) is 9.59 Å². The standard InChI is InChI=1S/C25H19ClO4/c1-15-12-19-22(13-16(15)2)30-24(18-10-6-7-11-20(18)26)25(23(19)28)29-14-21(27)17-8-4-3-5-9-17/h3-13H,14H2,1-2H3. The molecular weight excluding hydrogens is 400 g/mol. The first kappa shape index (κ1) is 19.9. The maximum absolute atomic E-state index is 13.3. The van der Waals surface area contributed by atoms with Crippen molar-refractivity contribution in [1.29, 1.82) is 0 Å². The number of rotatable bonds is 5. The first-order valence-electron chi connectivity index (χ1n) is 9.49. The van der Waals surface area contributed by atoms with Crippen molar-refractivity contribution in [1.82, 2.24) is 0 Å². The number of fused-ring (bicyclic) bond motifs is 1. The van der Waals surface area contributed by atoms with Crippen molar-refractivity contribution in [2.75, 3.05) is 6.61 Å². The summed E-state index contributed by atoms with van der Waals surface area (Å²) in [5.41, 5.74) is 3.11. The summed E-state index contributed by atoms with van der Waals surface area (Å²) in [5, 5.41) is 0.819. The molecule has 0 unspecified atom stereocenters. The zero-order valence-corrected chi connectivity index (χ0v) is 17.3. The van der Waals surface area contributed by atoms with Crippen molar-refractivity contribution in [3.63, 3.8) is 0 Å². The van der Waals surface area contributed by atoms with Crippen LogP contribution < -0.4 is 10.2 Å². The van der Waals surface area contributed by atoms with Crippen molar-refractivity contribution in [3.8, 4) is 17.1 Å². The van der Waals surface area contributed by atoms with Crippen LogP contribution in [0.1, 0.15) is 21.5 Å². The average Bonchev–Trinajstić information content (AvgIpc) is 2.75. The minimum atomic E-state index is -0.338. The predicted octanol–water partition coefficient (Wildman–Crippen LogP) is 5.99. The van der Waals surface area contributed by atoms with Gasteiger partial charge in [-0.1, -0.05) is 54.1 Å². The summed E-state index contributed by atoms with van der Waals surface area (Å²) in [5.74, 6) is -0.0503. The van der Waals surface area contributed by atoms with Crippen LogP contribution in [0.4, 0.5) is 0 Å². The van der Waals surface area contributed by atoms with E-state index in [0.717, 1.165) is 11.1 Å². The van der Waals surface area contributed by atoms with Crippen LogP contribution in [0.3, 0.4) is 0 Å². The molecule has 4 nitrogen and oxygen atoms in total. The third-order valence-electron chi connectivity index (χ3n) is 5.03. The Hall–Kier alpha value is -3.37. The zero-order valence-electron chi connectivity index (χ0n) is 16.6. The summed E-state index contributed by atoms with van der Waals surface area (Å²) in [6.07, 6.45) is 0. The second-order valence-electron chi connectivity index (χ2n) is 7.08. The van der Waals surface area contributed by atoms with Gasteiger partial charge in [0.25, 0.3) is 0 Å². The Bertz CT molecular complexity index is 1310. The number of hydrogen-bond donors (Lipinski definition) is 0. The topological polar surface area (TPSA) is 56.5 Å². The summed E-state index contributed by atoms with van der Waals surface area (Å²) in [6.45, 7) is 3.59. The Morgan fingerprint density at radius 3 is 2.37 bits per heavy atom. The first-order valence-corrected chi connectivity index (χ1v) is 9.87. The van der Waals surface area contributed by atoms with Gasteiger partial charge in [0.1, 0.15) is 5.58 Å². The van der Waals surface area contributed by atoms with Crippen LogP contribution in [0.25, 0.3) is 22.3 Å². The quantitative estimate of drug-likeness (QED) is 0.373. The van der Waals surface area contributed by atoms with E-state index in [9.17, 15) is 9.59 Å². The summed E-state index contributed by atoms with van der Waals surface area (Å²) < 4.78 is 11.9. The maximum Gasteiger partial charge on any atom is 0.235 e. The number of carbonyl (C=O) groups excluding carboxylic acids is 1. The molecule has 5 heteroatoms. The molecular formula is C25H19ClO4. The molecule has 0 N–H and O–H groups in total. The van der Waals surface area contributed by atoms with Gasteiger partial charge in [0.15, 0.2) is 18.2 Å². The molecule has 0 fully saturated rings. The van der Waals surface area contributed by atoms with Gasteiger partial charge in [-0.2, -0.15) is 0 Å². The van der Waals surface area contributed by atoms with Crippen LogP contribution in [0.2, 0.25) is 5.02 Å². The molecule has 3 aromatic carbocycles. The number of Topliss-reactive ketones (excluding diaryl/α,β-unsaturated/α-hetero) is 1. The number of carbonyl (C=O) groups is 1. The SMILES string of the molecule is Cc1cc2oc(-c3ccccc3Cl)c(OCC(=O)c3ccccc3)c(=O)c2cc1C. The van der Waals surface area contributed by atoms with Gasteiger partial charge in [-0.15, -0.1) is 0 Å². The second kappa shape index (κ2) is 8.17. The first-order chi connectivity index (χ1) is 14.5. The van der Waals surface area contributed by atoms with E-state index >= 15 is 0 Å². The molecule has 0 aliphatic rings. The maximum atomic E-state index is 13.3. The Morgan fingerprint density at radius 2 is 1.63 bits per heavy atom. The summed E-state index contributed by atoms with van der Waals surface area (Å²) in [4.78, 5) is 25.8. The molecule has 4 rings (SSSR count). The molecule has 150 valence electrons. The number of ketones is 1. The van der Waals surface area contributed by atoms with Crippen molar-refractivity contribution < 1.29 is 13.9 Å². The Kier molecular flexibility index (Phi) is 5.42. The third-order valence-corrected chi connectivity index (χ3v) is 5.36. The van der Waals surface area contributed by atoms with Gasteiger partial charge in [-0.25, -0.2) is 0 Å². The lowest BCUT2D eigenvalue weighted by Crippen LogP contribution is -2.17. The lowest BCUT2D eigenvalue weighted by Gasteiger charge is -2.13. The van der Waals surface area contributed by atoms with Gasteiger partial charge >= 0.3 is 0 Å². The monoisotopic (exact) mass is 418 g/mol. The van der Waals surface area contributed by atoms with Crippen molar-refractivity contribution >= 4 is 28.4 Å². The number of benzene rings is 3. The van der Waals surface area contributed by atoms with Crippen molar-refractivity contribution in [2.45, 2.75) is 13.8 Å². The molecule has 30 heavy (non-hydrogen) atoms. The minimum absolute atomic E-state index is 0.0249. The Balaban J connectivity index is 1.85. The number of halogens is 1. The smallest absolute Gasteiger partial charge is 0.235 e. The van der Waals surface area contributed by atoms with Crippen LogP contribution in [0.5, 0.6) is 5.75 Å². The Labute approximate surface area is 178 Å². The lowest BCUT2D eigenvalue weighted by molar-refractivity contribution is 0.0920. The molecule has 0 aliphatic heterocycles. The molecule has 0 spiro atoms. The Morgan fingerprint density at radius 1 is 0.967 bits per heavy atom. The summed E-state index contributed by atoms with van der Waals surface area (Å²) in [6, 6.07) is 19.4. The molecule has 1 aromatic heterocycles. The minimum Gasteiger partial charge on any atom is -0.478 e. The normalized spacial score (nSPS) is 10.9. The lowest BCUT2D eigenvalue weighted by atomic mass is 10.0. The van der Waals surface area contributed by atoms with Crippen molar-refractivity contribution in [3.05, 3.63) is 98.7 Å². The fourth-order valence-corrected chi connectivity index (χ4v) is 3.45. The van der Waals surface area contributed by atoms with Crippen LogP contribution in [0, 0.1) is 13.8 Å². The average molecular weight is 419 g/mol. The third kappa shape index (κ3) is 3.74. The number of ether oxygens (including phenoxy) is 1. The predicted molar refractivity (Wildman–Crippen MR) is 119 cm³/mol. The molecule has 0 atom stereocenters. The fourth-order valence-electron chi connectivity index (χ4n) is 3.23. The molecule has 0 saturated heterocycles. The van der Waals surface area contributed by atoms with Gasteiger partial charge < -0.3 is 9.15 Å². The molecule has 0 saturated carbocycles. The zero-order chi connectivity index (χ0) is 21.3. The van der Waals surface area contributed by atoms with Crippen LogP contribution >= 0.6 is 11.6 Å². The van der Waals surface area contributed by atoms with Crippen LogP contribution in [0.15, 0.2) is 75.9 Å². The van der Waals surface area contributed by atoms with Crippen LogP contribution in [-0.4, -0.2) is 12.4 Å². The fraction of sp³-hybridized carbons (Fsp3) is 0.120. The number of hydrogen-bond acceptors (Lipinski definition) is 4.